The zero-order chi connectivity index (χ0) is 17.9. The van der Waals surface area contributed by atoms with Crippen LogP contribution >= 0.6 is 0 Å². The Balaban J connectivity index is 1.34. The molecule has 1 fully saturated rings. The van der Waals surface area contributed by atoms with E-state index in [0.717, 1.165) is 37.1 Å². The van der Waals surface area contributed by atoms with E-state index in [1.54, 1.807) is 0 Å². The highest BCUT2D eigenvalue weighted by molar-refractivity contribution is 5.82. The lowest BCUT2D eigenvalue weighted by molar-refractivity contribution is -0.131. The number of hydrogen-bond acceptors (Lipinski definition) is 3. The van der Waals surface area contributed by atoms with Gasteiger partial charge in [0, 0.05) is 43.7 Å². The Bertz CT molecular complexity index is 895. The van der Waals surface area contributed by atoms with Gasteiger partial charge in [0.15, 0.2) is 0 Å². The van der Waals surface area contributed by atoms with Crippen LogP contribution in [0.5, 0.6) is 0 Å². The van der Waals surface area contributed by atoms with E-state index in [-0.39, 0.29) is 5.91 Å². The molecule has 3 aromatic rings. The summed E-state index contributed by atoms with van der Waals surface area (Å²) in [7, 11) is 0. The minimum atomic E-state index is 0.218. The second-order valence-corrected chi connectivity index (χ2v) is 6.83. The molecule has 5 heteroatoms. The van der Waals surface area contributed by atoms with Crippen molar-refractivity contribution in [1.29, 1.82) is 0 Å². The molecule has 1 amide bonds. The van der Waals surface area contributed by atoms with Crippen molar-refractivity contribution in [2.75, 3.05) is 31.1 Å². The standard InChI is InChI=1S/C21H24N4O/c1-17-6-5-7-18-16-22-25(21(17)18)11-10-20(26)24-14-12-23(13-15-24)19-8-3-2-4-9-19/h2-9,16H,10-15H2,1H3. The third kappa shape index (κ3) is 3.29. The maximum Gasteiger partial charge on any atom is 0.224 e. The van der Waals surface area contributed by atoms with Crippen LogP contribution in [0.1, 0.15) is 12.0 Å². The van der Waals surface area contributed by atoms with Crippen molar-refractivity contribution in [3.8, 4) is 0 Å². The van der Waals surface area contributed by atoms with Gasteiger partial charge in [-0.05, 0) is 24.6 Å². The zero-order valence-electron chi connectivity index (χ0n) is 15.1. The Morgan fingerprint density at radius 3 is 2.54 bits per heavy atom. The van der Waals surface area contributed by atoms with Gasteiger partial charge in [0.25, 0.3) is 0 Å². The third-order valence-corrected chi connectivity index (χ3v) is 5.15. The SMILES string of the molecule is Cc1cccc2cnn(CCC(=O)N3CCN(c4ccccc4)CC3)c12. The van der Waals surface area contributed by atoms with Crippen LogP contribution in [0.4, 0.5) is 5.69 Å². The fraction of sp³-hybridized carbons (Fsp3) is 0.333. The summed E-state index contributed by atoms with van der Waals surface area (Å²) in [6.07, 6.45) is 2.38. The fourth-order valence-corrected chi connectivity index (χ4v) is 3.71. The Kier molecular flexibility index (Phi) is 4.61. The predicted molar refractivity (Wildman–Crippen MR) is 104 cm³/mol. The molecule has 0 atom stereocenters. The number of aromatic nitrogens is 2. The second-order valence-electron chi connectivity index (χ2n) is 6.83. The van der Waals surface area contributed by atoms with Crippen LogP contribution in [0, 0.1) is 6.92 Å². The number of carbonyl (C=O) groups excluding carboxylic acids is 1. The molecule has 26 heavy (non-hydrogen) atoms. The van der Waals surface area contributed by atoms with Gasteiger partial charge in [0.05, 0.1) is 18.3 Å². The monoisotopic (exact) mass is 348 g/mol. The summed E-state index contributed by atoms with van der Waals surface area (Å²) in [5.41, 5.74) is 3.57. The van der Waals surface area contributed by atoms with E-state index in [0.29, 0.717) is 13.0 Å². The number of nitrogens with zero attached hydrogens (tertiary/aromatic N) is 4. The number of aryl methyl sites for hydroxylation is 2. The molecule has 0 aliphatic carbocycles. The molecule has 1 aromatic heterocycles. The minimum Gasteiger partial charge on any atom is -0.368 e. The molecule has 0 spiro atoms. The molecular weight excluding hydrogens is 324 g/mol. The van der Waals surface area contributed by atoms with Gasteiger partial charge in [-0.2, -0.15) is 5.10 Å². The molecule has 0 bridgehead atoms. The van der Waals surface area contributed by atoms with E-state index in [4.69, 9.17) is 0 Å². The molecule has 2 aromatic carbocycles. The summed E-state index contributed by atoms with van der Waals surface area (Å²) < 4.78 is 1.96. The topological polar surface area (TPSA) is 41.4 Å². The van der Waals surface area contributed by atoms with Crippen LogP contribution in [-0.2, 0) is 11.3 Å². The Morgan fingerprint density at radius 1 is 1.00 bits per heavy atom. The number of amides is 1. The predicted octanol–water partition coefficient (Wildman–Crippen LogP) is 3.08. The van der Waals surface area contributed by atoms with Gasteiger partial charge in [-0.3, -0.25) is 9.48 Å². The van der Waals surface area contributed by atoms with Crippen LogP contribution in [0.2, 0.25) is 0 Å². The molecule has 0 radical (unpaired) electrons. The van der Waals surface area contributed by atoms with E-state index < -0.39 is 0 Å². The highest BCUT2D eigenvalue weighted by Crippen LogP contribution is 2.19. The molecule has 4 rings (SSSR count). The smallest absolute Gasteiger partial charge is 0.224 e. The van der Waals surface area contributed by atoms with Crippen molar-refractivity contribution in [3.05, 3.63) is 60.3 Å². The maximum absolute atomic E-state index is 12.6. The van der Waals surface area contributed by atoms with Crippen molar-refractivity contribution >= 4 is 22.5 Å². The van der Waals surface area contributed by atoms with Crippen molar-refractivity contribution in [1.82, 2.24) is 14.7 Å². The van der Waals surface area contributed by atoms with Gasteiger partial charge in [-0.1, -0.05) is 36.4 Å². The van der Waals surface area contributed by atoms with Crippen LogP contribution < -0.4 is 4.90 Å². The molecule has 1 saturated heterocycles. The highest BCUT2D eigenvalue weighted by atomic mass is 16.2. The quantitative estimate of drug-likeness (QED) is 0.728. The van der Waals surface area contributed by atoms with Crippen LogP contribution in [0.3, 0.4) is 0 Å². The van der Waals surface area contributed by atoms with E-state index in [2.05, 4.69) is 53.3 Å². The molecule has 1 aliphatic heterocycles. The lowest BCUT2D eigenvalue weighted by Gasteiger charge is -2.36. The van der Waals surface area contributed by atoms with Gasteiger partial charge < -0.3 is 9.80 Å². The van der Waals surface area contributed by atoms with Crippen molar-refractivity contribution in [2.24, 2.45) is 0 Å². The number of carbonyl (C=O) groups is 1. The molecule has 5 nitrogen and oxygen atoms in total. The number of rotatable bonds is 4. The largest absolute Gasteiger partial charge is 0.368 e. The summed E-state index contributed by atoms with van der Waals surface area (Å²) in [6, 6.07) is 16.6. The molecule has 0 N–H and O–H groups in total. The number of fused-ring (bicyclic) bond motifs is 1. The average Bonchev–Trinajstić information content (AvgIpc) is 3.11. The number of para-hydroxylation sites is 2. The van der Waals surface area contributed by atoms with Crippen LogP contribution in [0.25, 0.3) is 10.9 Å². The van der Waals surface area contributed by atoms with Crippen molar-refractivity contribution in [2.45, 2.75) is 19.9 Å². The molecule has 1 aliphatic rings. The van der Waals surface area contributed by atoms with Gasteiger partial charge in [-0.25, -0.2) is 0 Å². The lowest BCUT2D eigenvalue weighted by Crippen LogP contribution is -2.48. The summed E-state index contributed by atoms with van der Waals surface area (Å²) in [5.74, 6) is 0.218. The summed E-state index contributed by atoms with van der Waals surface area (Å²) in [5, 5.41) is 5.60. The molecule has 0 unspecified atom stereocenters. The average molecular weight is 348 g/mol. The van der Waals surface area contributed by atoms with Gasteiger partial charge in [0.1, 0.15) is 0 Å². The Labute approximate surface area is 153 Å². The van der Waals surface area contributed by atoms with Crippen LogP contribution in [0.15, 0.2) is 54.7 Å². The summed E-state index contributed by atoms with van der Waals surface area (Å²) >= 11 is 0. The van der Waals surface area contributed by atoms with E-state index in [9.17, 15) is 4.79 Å². The van der Waals surface area contributed by atoms with Gasteiger partial charge in [-0.15, -0.1) is 0 Å². The molecular formula is C21H24N4O. The lowest BCUT2D eigenvalue weighted by atomic mass is 10.2. The number of benzene rings is 2. The third-order valence-electron chi connectivity index (χ3n) is 5.15. The first-order valence-electron chi connectivity index (χ1n) is 9.21. The first-order valence-corrected chi connectivity index (χ1v) is 9.21. The fourth-order valence-electron chi connectivity index (χ4n) is 3.71. The number of piperazine rings is 1. The van der Waals surface area contributed by atoms with Gasteiger partial charge in [0.2, 0.25) is 5.91 Å². The van der Waals surface area contributed by atoms with E-state index >= 15 is 0 Å². The van der Waals surface area contributed by atoms with E-state index in [1.807, 2.05) is 27.9 Å². The minimum absolute atomic E-state index is 0.218. The maximum atomic E-state index is 12.6. The first-order chi connectivity index (χ1) is 12.7. The Hall–Kier alpha value is -2.82. The van der Waals surface area contributed by atoms with Gasteiger partial charge >= 0.3 is 0 Å². The number of anilines is 1. The second kappa shape index (κ2) is 7.20. The molecule has 0 saturated carbocycles. The molecule has 134 valence electrons. The summed E-state index contributed by atoms with van der Waals surface area (Å²) in [4.78, 5) is 16.9. The van der Waals surface area contributed by atoms with Crippen LogP contribution in [-0.4, -0.2) is 46.8 Å². The summed E-state index contributed by atoms with van der Waals surface area (Å²) in [6.45, 7) is 6.07. The Morgan fingerprint density at radius 2 is 1.77 bits per heavy atom. The molecule has 2 heterocycles. The zero-order valence-corrected chi connectivity index (χ0v) is 15.1. The van der Waals surface area contributed by atoms with Crippen molar-refractivity contribution in [3.63, 3.8) is 0 Å². The highest BCUT2D eigenvalue weighted by Gasteiger charge is 2.21. The van der Waals surface area contributed by atoms with Crippen molar-refractivity contribution < 1.29 is 4.79 Å². The first kappa shape index (κ1) is 16.6. The van der Waals surface area contributed by atoms with E-state index in [1.165, 1.54) is 11.3 Å². The normalized spacial score (nSPS) is 14.8. The number of hydrogen-bond donors (Lipinski definition) is 0.